The zero-order valence-electron chi connectivity index (χ0n) is 7.48. The minimum atomic E-state index is -4.49. The Kier molecular flexibility index (Phi) is 2.71. The molecule has 0 amide bonds. The molecule has 2 rings (SSSR count). The van der Waals surface area contributed by atoms with Gasteiger partial charge in [-0.25, -0.2) is 0 Å². The summed E-state index contributed by atoms with van der Waals surface area (Å²) in [5, 5.41) is 19.0. The first-order valence-electron chi connectivity index (χ1n) is 4.26. The number of ether oxygens (including phenoxy) is 2. The summed E-state index contributed by atoms with van der Waals surface area (Å²) in [6.07, 6.45) is -4.28. The highest BCUT2D eigenvalue weighted by Gasteiger charge is 2.50. The summed E-state index contributed by atoms with van der Waals surface area (Å²) >= 11 is 0. The number of rotatable bonds is 2. The van der Waals surface area contributed by atoms with Crippen LogP contribution < -0.4 is 4.72 Å². The first-order chi connectivity index (χ1) is 6.88. The zero-order valence-corrected chi connectivity index (χ0v) is 8.29. The monoisotopic (exact) mass is 241 g/mol. The molecule has 0 aromatic carbocycles. The van der Waals surface area contributed by atoms with Crippen LogP contribution in [0.4, 0.5) is 0 Å². The Morgan fingerprint density at radius 1 is 1.27 bits per heavy atom. The Morgan fingerprint density at radius 2 is 1.93 bits per heavy atom. The third-order valence-corrected chi connectivity index (χ3v) is 2.98. The molecule has 0 aliphatic carbocycles. The van der Waals surface area contributed by atoms with E-state index in [2.05, 4.69) is 0 Å². The van der Waals surface area contributed by atoms with Crippen molar-refractivity contribution >= 4 is 10.3 Å². The van der Waals surface area contributed by atoms with Gasteiger partial charge in [-0.3, -0.25) is 4.55 Å². The van der Waals surface area contributed by atoms with E-state index in [1.807, 2.05) is 0 Å². The highest BCUT2D eigenvalue weighted by molar-refractivity contribution is 7.83. The minimum absolute atomic E-state index is 0.0759. The van der Waals surface area contributed by atoms with Crippen LogP contribution >= 0.6 is 0 Å². The van der Waals surface area contributed by atoms with Crippen LogP contribution in [0.2, 0.25) is 0 Å². The summed E-state index contributed by atoms with van der Waals surface area (Å²) in [5.41, 5.74) is 0. The fourth-order valence-corrected chi connectivity index (χ4v) is 2.29. The minimum Gasteiger partial charge on any atom is -0.388 e. The number of hydrogen-bond donors (Lipinski definition) is 4. The van der Waals surface area contributed by atoms with Crippen molar-refractivity contribution in [1.82, 2.24) is 4.72 Å². The van der Waals surface area contributed by atoms with Gasteiger partial charge in [-0.1, -0.05) is 0 Å². The molecule has 0 radical (unpaired) electrons. The molecular weight excluding hydrogens is 230 g/mol. The maximum atomic E-state index is 10.6. The van der Waals surface area contributed by atoms with Gasteiger partial charge in [0.2, 0.25) is 0 Å². The van der Waals surface area contributed by atoms with Gasteiger partial charge in [0.15, 0.2) is 6.29 Å². The molecular formula is C6H11NO7S. The number of fused-ring (bicyclic) bond motifs is 2. The van der Waals surface area contributed by atoms with Crippen LogP contribution in [0.15, 0.2) is 0 Å². The second kappa shape index (κ2) is 3.63. The van der Waals surface area contributed by atoms with Crippen molar-refractivity contribution in [2.24, 2.45) is 0 Å². The predicted octanol–water partition coefficient (Wildman–Crippen LogP) is -2.78. The quantitative estimate of drug-likeness (QED) is 0.385. The maximum absolute atomic E-state index is 10.6. The normalized spacial score (nSPS) is 45.7. The zero-order chi connectivity index (χ0) is 11.2. The number of nitrogens with one attached hydrogen (secondary N) is 1. The Balaban J connectivity index is 2.16. The first kappa shape index (κ1) is 11.2. The largest absolute Gasteiger partial charge is 0.388 e. The molecule has 5 atom stereocenters. The standard InChI is InChI=1S/C6H11NO7S/c8-4-2-1-13-6(14-2)3(5(4)9)7-15(10,11)12/h2-9H,1H2,(H,10,11,12)/t2-,3-,4-,5-,6?/m1/s1. The van der Waals surface area contributed by atoms with Crippen LogP contribution in [-0.4, -0.2) is 60.4 Å². The molecule has 2 saturated heterocycles. The molecule has 15 heavy (non-hydrogen) atoms. The van der Waals surface area contributed by atoms with Crippen molar-refractivity contribution in [3.05, 3.63) is 0 Å². The predicted molar refractivity (Wildman–Crippen MR) is 45.1 cm³/mol. The highest BCUT2D eigenvalue weighted by atomic mass is 32.2. The second-order valence-corrected chi connectivity index (χ2v) is 4.66. The lowest BCUT2D eigenvalue weighted by Gasteiger charge is -2.35. The number of aliphatic hydroxyl groups excluding tert-OH is 2. The van der Waals surface area contributed by atoms with Crippen LogP contribution in [-0.2, 0) is 19.8 Å². The van der Waals surface area contributed by atoms with Gasteiger partial charge < -0.3 is 19.7 Å². The summed E-state index contributed by atoms with van der Waals surface area (Å²) < 4.78 is 41.5. The Bertz CT molecular complexity index is 343. The van der Waals surface area contributed by atoms with Crippen molar-refractivity contribution in [3.63, 3.8) is 0 Å². The summed E-state index contributed by atoms with van der Waals surface area (Å²) in [5.74, 6) is 0. The summed E-state index contributed by atoms with van der Waals surface area (Å²) in [4.78, 5) is 0. The number of aliphatic hydroxyl groups is 2. The summed E-state index contributed by atoms with van der Waals surface area (Å²) in [7, 11) is -4.49. The Hall–Kier alpha value is -0.290. The average Bonchev–Trinajstić information content (AvgIpc) is 2.54. The molecule has 9 heteroatoms. The number of hydrogen-bond acceptors (Lipinski definition) is 6. The molecule has 0 spiro atoms. The van der Waals surface area contributed by atoms with E-state index in [0.717, 1.165) is 0 Å². The topological polar surface area (TPSA) is 125 Å². The van der Waals surface area contributed by atoms with Crippen LogP contribution in [0.3, 0.4) is 0 Å². The van der Waals surface area contributed by atoms with Crippen molar-refractivity contribution < 1.29 is 32.7 Å². The molecule has 2 aliphatic heterocycles. The highest BCUT2D eigenvalue weighted by Crippen LogP contribution is 2.28. The third kappa shape index (κ3) is 2.13. The molecule has 88 valence electrons. The second-order valence-electron chi connectivity index (χ2n) is 3.48. The van der Waals surface area contributed by atoms with Crippen LogP contribution in [0.25, 0.3) is 0 Å². The van der Waals surface area contributed by atoms with E-state index in [1.165, 1.54) is 0 Å². The molecule has 2 bridgehead atoms. The molecule has 2 fully saturated rings. The molecule has 0 saturated carbocycles. The lowest BCUT2D eigenvalue weighted by atomic mass is 10.00. The van der Waals surface area contributed by atoms with E-state index in [0.29, 0.717) is 0 Å². The van der Waals surface area contributed by atoms with Gasteiger partial charge in [-0.15, -0.1) is 0 Å². The van der Waals surface area contributed by atoms with Crippen molar-refractivity contribution in [1.29, 1.82) is 0 Å². The van der Waals surface area contributed by atoms with Gasteiger partial charge in [0.05, 0.1) is 6.61 Å². The van der Waals surface area contributed by atoms with Crippen molar-refractivity contribution in [2.45, 2.75) is 30.6 Å². The third-order valence-electron chi connectivity index (χ3n) is 2.41. The van der Waals surface area contributed by atoms with E-state index in [4.69, 9.17) is 14.0 Å². The molecule has 2 heterocycles. The van der Waals surface area contributed by atoms with Crippen molar-refractivity contribution in [2.75, 3.05) is 6.61 Å². The summed E-state index contributed by atoms with van der Waals surface area (Å²) in [6, 6.07) is -1.21. The fraction of sp³-hybridized carbons (Fsp3) is 1.00. The smallest absolute Gasteiger partial charge is 0.333 e. The van der Waals surface area contributed by atoms with E-state index in [9.17, 15) is 18.6 Å². The summed E-state index contributed by atoms with van der Waals surface area (Å²) in [6.45, 7) is 0.0759. The Morgan fingerprint density at radius 3 is 2.53 bits per heavy atom. The fourth-order valence-electron chi connectivity index (χ4n) is 1.70. The Labute approximate surface area is 85.7 Å². The average molecular weight is 241 g/mol. The van der Waals surface area contributed by atoms with Crippen LogP contribution in [0, 0.1) is 0 Å². The maximum Gasteiger partial charge on any atom is 0.333 e. The van der Waals surface area contributed by atoms with Gasteiger partial charge >= 0.3 is 10.3 Å². The van der Waals surface area contributed by atoms with Gasteiger partial charge in [0, 0.05) is 0 Å². The van der Waals surface area contributed by atoms with Crippen molar-refractivity contribution in [3.8, 4) is 0 Å². The van der Waals surface area contributed by atoms with Crippen LogP contribution in [0.1, 0.15) is 0 Å². The molecule has 4 N–H and O–H groups in total. The molecule has 0 aromatic rings. The van der Waals surface area contributed by atoms with E-state index in [1.54, 1.807) is 4.72 Å². The lowest BCUT2D eigenvalue weighted by Crippen LogP contribution is -2.60. The molecule has 2 aliphatic rings. The molecule has 0 aromatic heterocycles. The van der Waals surface area contributed by atoms with Gasteiger partial charge in [0.1, 0.15) is 24.4 Å². The van der Waals surface area contributed by atoms with E-state index in [-0.39, 0.29) is 6.61 Å². The SMILES string of the molecule is O=S(=O)(O)N[C@H]1C2OC[C@@H](O2)[C@@H](O)[C@@H]1O. The van der Waals surface area contributed by atoms with Gasteiger partial charge in [-0.05, 0) is 0 Å². The van der Waals surface area contributed by atoms with E-state index < -0.39 is 40.9 Å². The molecule has 8 nitrogen and oxygen atoms in total. The van der Waals surface area contributed by atoms with Gasteiger partial charge in [0.25, 0.3) is 0 Å². The molecule has 1 unspecified atom stereocenters. The lowest BCUT2D eigenvalue weighted by molar-refractivity contribution is -0.181. The van der Waals surface area contributed by atoms with Gasteiger partial charge in [-0.2, -0.15) is 13.1 Å². The van der Waals surface area contributed by atoms with E-state index >= 15 is 0 Å². The van der Waals surface area contributed by atoms with Crippen LogP contribution in [0.5, 0.6) is 0 Å². The first-order valence-corrected chi connectivity index (χ1v) is 5.70.